The molecule has 0 spiro atoms. The van der Waals surface area contributed by atoms with Crippen LogP contribution in [0, 0.1) is 0 Å². The van der Waals surface area contributed by atoms with Crippen molar-refractivity contribution in [3.63, 3.8) is 0 Å². The van der Waals surface area contributed by atoms with Gasteiger partial charge in [-0.15, -0.1) is 0 Å². The third-order valence-electron chi connectivity index (χ3n) is 2.43. The molecule has 0 aliphatic heterocycles. The Labute approximate surface area is 94.3 Å². The Kier molecular flexibility index (Phi) is 2.73. The predicted octanol–water partition coefficient (Wildman–Crippen LogP) is 1.98. The average Bonchev–Trinajstić information content (AvgIpc) is 2.59. The molecule has 0 fully saturated rings. The van der Waals surface area contributed by atoms with Crippen LogP contribution in [0.2, 0.25) is 0 Å². The van der Waals surface area contributed by atoms with Crippen LogP contribution in [0.15, 0.2) is 18.6 Å². The molecule has 0 radical (unpaired) electrons. The standard InChI is InChI=1S/C12H15N3O/c1-8(2)11-7-15-6-10(4-9(3)16)5-13-12(15)14-11/h5-8H,4H2,1-3H3. The van der Waals surface area contributed by atoms with Gasteiger partial charge in [-0.3, -0.25) is 9.20 Å². The zero-order valence-corrected chi connectivity index (χ0v) is 9.77. The summed E-state index contributed by atoms with van der Waals surface area (Å²) in [5.41, 5.74) is 1.94. The van der Waals surface area contributed by atoms with Gasteiger partial charge in [0, 0.05) is 25.0 Å². The summed E-state index contributed by atoms with van der Waals surface area (Å²) < 4.78 is 1.88. The van der Waals surface area contributed by atoms with E-state index in [9.17, 15) is 4.79 Å². The van der Waals surface area contributed by atoms with E-state index in [1.165, 1.54) is 0 Å². The molecule has 0 amide bonds. The number of ketones is 1. The van der Waals surface area contributed by atoms with Crippen LogP contribution in [-0.4, -0.2) is 20.2 Å². The van der Waals surface area contributed by atoms with E-state index in [1.807, 2.05) is 16.8 Å². The quantitative estimate of drug-likeness (QED) is 0.789. The second-order valence-corrected chi connectivity index (χ2v) is 4.37. The molecule has 0 aromatic carbocycles. The maximum Gasteiger partial charge on any atom is 0.233 e. The Morgan fingerprint density at radius 3 is 2.81 bits per heavy atom. The van der Waals surface area contributed by atoms with E-state index in [1.54, 1.807) is 13.1 Å². The van der Waals surface area contributed by atoms with Gasteiger partial charge in [-0.1, -0.05) is 13.8 Å². The number of imidazole rings is 1. The van der Waals surface area contributed by atoms with Gasteiger partial charge in [0.2, 0.25) is 5.78 Å². The molecule has 2 aromatic heterocycles. The van der Waals surface area contributed by atoms with Crippen LogP contribution in [0.3, 0.4) is 0 Å². The summed E-state index contributed by atoms with van der Waals surface area (Å²) >= 11 is 0. The van der Waals surface area contributed by atoms with E-state index in [2.05, 4.69) is 23.8 Å². The van der Waals surface area contributed by atoms with Crippen LogP contribution in [0.25, 0.3) is 5.78 Å². The second kappa shape index (κ2) is 4.04. The van der Waals surface area contributed by atoms with E-state index < -0.39 is 0 Å². The van der Waals surface area contributed by atoms with Crippen molar-refractivity contribution in [2.45, 2.75) is 33.1 Å². The zero-order chi connectivity index (χ0) is 11.7. The predicted molar refractivity (Wildman–Crippen MR) is 61.5 cm³/mol. The number of hydrogen-bond donors (Lipinski definition) is 0. The lowest BCUT2D eigenvalue weighted by Crippen LogP contribution is -1.99. The van der Waals surface area contributed by atoms with Gasteiger partial charge < -0.3 is 0 Å². The third-order valence-corrected chi connectivity index (χ3v) is 2.43. The molecule has 0 saturated carbocycles. The maximum atomic E-state index is 11.0. The summed E-state index contributed by atoms with van der Waals surface area (Å²) in [6, 6.07) is 0. The number of Topliss-reactive ketones (excluding diaryl/α,β-unsaturated/α-hetero) is 1. The Morgan fingerprint density at radius 1 is 1.44 bits per heavy atom. The number of fused-ring (bicyclic) bond motifs is 1. The number of rotatable bonds is 3. The van der Waals surface area contributed by atoms with Gasteiger partial charge in [0.25, 0.3) is 0 Å². The van der Waals surface area contributed by atoms with E-state index in [0.29, 0.717) is 18.1 Å². The number of nitrogens with zero attached hydrogens (tertiary/aromatic N) is 3. The lowest BCUT2D eigenvalue weighted by Gasteiger charge is -1.97. The van der Waals surface area contributed by atoms with Crippen molar-refractivity contribution in [1.82, 2.24) is 14.4 Å². The summed E-state index contributed by atoms with van der Waals surface area (Å²) in [6.45, 7) is 5.77. The van der Waals surface area contributed by atoms with Crippen molar-refractivity contribution in [2.24, 2.45) is 0 Å². The van der Waals surface area contributed by atoms with Crippen molar-refractivity contribution < 1.29 is 4.79 Å². The highest BCUT2D eigenvalue weighted by molar-refractivity contribution is 5.78. The van der Waals surface area contributed by atoms with Crippen LogP contribution < -0.4 is 0 Å². The zero-order valence-electron chi connectivity index (χ0n) is 9.77. The average molecular weight is 217 g/mol. The van der Waals surface area contributed by atoms with Crippen molar-refractivity contribution in [2.75, 3.05) is 0 Å². The van der Waals surface area contributed by atoms with Gasteiger partial charge in [0.05, 0.1) is 5.69 Å². The van der Waals surface area contributed by atoms with E-state index >= 15 is 0 Å². The largest absolute Gasteiger partial charge is 0.300 e. The summed E-state index contributed by atoms with van der Waals surface area (Å²) in [6.07, 6.45) is 6.03. The summed E-state index contributed by atoms with van der Waals surface area (Å²) in [5.74, 6) is 1.22. The fraction of sp³-hybridized carbons (Fsp3) is 0.417. The van der Waals surface area contributed by atoms with Crippen LogP contribution >= 0.6 is 0 Å². The molecule has 2 heterocycles. The number of hydrogen-bond acceptors (Lipinski definition) is 3. The Bertz CT molecular complexity index is 528. The van der Waals surface area contributed by atoms with Crippen molar-refractivity contribution >= 4 is 11.6 Å². The summed E-state index contributed by atoms with van der Waals surface area (Å²) in [4.78, 5) is 19.6. The van der Waals surface area contributed by atoms with Crippen LogP contribution in [-0.2, 0) is 11.2 Å². The molecular weight excluding hydrogens is 202 g/mol. The Hall–Kier alpha value is -1.71. The minimum absolute atomic E-state index is 0.144. The molecule has 0 aliphatic carbocycles. The minimum Gasteiger partial charge on any atom is -0.300 e. The Balaban J connectivity index is 2.41. The number of aromatic nitrogens is 3. The normalized spacial score (nSPS) is 11.2. The summed E-state index contributed by atoms with van der Waals surface area (Å²) in [5, 5.41) is 0. The smallest absolute Gasteiger partial charge is 0.233 e. The third kappa shape index (κ3) is 2.10. The molecule has 4 heteroatoms. The first-order chi connectivity index (χ1) is 7.56. The van der Waals surface area contributed by atoms with E-state index in [-0.39, 0.29) is 5.78 Å². The molecule has 84 valence electrons. The SMILES string of the molecule is CC(=O)Cc1cnc2nc(C(C)C)cn2c1. The number of carbonyl (C=O) groups excluding carboxylic acids is 1. The highest BCUT2D eigenvalue weighted by Crippen LogP contribution is 2.13. The first kappa shape index (κ1) is 10.8. The van der Waals surface area contributed by atoms with E-state index in [0.717, 1.165) is 11.3 Å². The van der Waals surface area contributed by atoms with Gasteiger partial charge in [-0.05, 0) is 18.4 Å². The molecule has 0 unspecified atom stereocenters. The molecule has 0 N–H and O–H groups in total. The lowest BCUT2D eigenvalue weighted by atomic mass is 10.2. The second-order valence-electron chi connectivity index (χ2n) is 4.37. The first-order valence-corrected chi connectivity index (χ1v) is 5.39. The van der Waals surface area contributed by atoms with Gasteiger partial charge in [0.15, 0.2) is 0 Å². The molecule has 4 nitrogen and oxygen atoms in total. The highest BCUT2D eigenvalue weighted by atomic mass is 16.1. The summed E-state index contributed by atoms with van der Waals surface area (Å²) in [7, 11) is 0. The molecule has 0 aliphatic rings. The monoisotopic (exact) mass is 217 g/mol. The molecule has 0 saturated heterocycles. The van der Waals surface area contributed by atoms with Crippen LogP contribution in [0.4, 0.5) is 0 Å². The van der Waals surface area contributed by atoms with Crippen molar-refractivity contribution in [3.8, 4) is 0 Å². The molecule has 0 atom stereocenters. The van der Waals surface area contributed by atoms with Gasteiger partial charge >= 0.3 is 0 Å². The van der Waals surface area contributed by atoms with Crippen molar-refractivity contribution in [1.29, 1.82) is 0 Å². The van der Waals surface area contributed by atoms with Crippen molar-refractivity contribution in [3.05, 3.63) is 29.8 Å². The highest BCUT2D eigenvalue weighted by Gasteiger charge is 2.07. The fourth-order valence-corrected chi connectivity index (χ4v) is 1.60. The minimum atomic E-state index is 0.144. The van der Waals surface area contributed by atoms with Crippen LogP contribution in [0.1, 0.15) is 37.9 Å². The van der Waals surface area contributed by atoms with Gasteiger partial charge in [0.1, 0.15) is 5.78 Å². The number of carbonyl (C=O) groups is 1. The molecular formula is C12H15N3O. The van der Waals surface area contributed by atoms with Gasteiger partial charge in [-0.25, -0.2) is 9.97 Å². The van der Waals surface area contributed by atoms with E-state index in [4.69, 9.17) is 0 Å². The molecule has 16 heavy (non-hydrogen) atoms. The maximum absolute atomic E-state index is 11.0. The Morgan fingerprint density at radius 2 is 2.19 bits per heavy atom. The molecule has 2 aromatic rings. The van der Waals surface area contributed by atoms with Crippen LogP contribution in [0.5, 0.6) is 0 Å². The molecule has 0 bridgehead atoms. The lowest BCUT2D eigenvalue weighted by molar-refractivity contribution is -0.116. The topological polar surface area (TPSA) is 47.3 Å². The fourth-order valence-electron chi connectivity index (χ4n) is 1.60. The first-order valence-electron chi connectivity index (χ1n) is 5.39. The molecule has 2 rings (SSSR count). The van der Waals surface area contributed by atoms with Gasteiger partial charge in [-0.2, -0.15) is 0 Å².